The van der Waals surface area contributed by atoms with Crippen molar-refractivity contribution in [1.82, 2.24) is 4.90 Å². The van der Waals surface area contributed by atoms with Crippen LogP contribution in [0, 0.1) is 0 Å². The number of amides is 1. The van der Waals surface area contributed by atoms with Gasteiger partial charge in [-0.05, 0) is 55.8 Å². The van der Waals surface area contributed by atoms with Crippen LogP contribution >= 0.6 is 0 Å². The molecule has 1 spiro atoms. The van der Waals surface area contributed by atoms with E-state index in [0.717, 1.165) is 31.5 Å². The Morgan fingerprint density at radius 3 is 2.17 bits per heavy atom. The van der Waals surface area contributed by atoms with Gasteiger partial charge in [0.05, 0.1) is 32.4 Å². The van der Waals surface area contributed by atoms with Gasteiger partial charge in [0.2, 0.25) is 5.75 Å². The number of aromatic carboxylic acids is 1. The molecule has 9 heteroatoms. The topological polar surface area (TPSA) is 97.8 Å². The van der Waals surface area contributed by atoms with Crippen molar-refractivity contribution in [2.24, 2.45) is 0 Å². The largest absolute Gasteiger partial charge is 0.490 e. The standard InChI is InChI=1S/C26H32N2O7/c1-4-33-21-14-18(15-22(34-5-2)23(21)32-3)16-27-12-10-26(11-13-27)17-28(25(31)35-26)20-8-6-19(7-9-20)24(29)30/h6-9,14-15H,4-5,10-13,16-17H2,1-3H3,(H,29,30). The van der Waals surface area contributed by atoms with Gasteiger partial charge in [-0.1, -0.05) is 0 Å². The predicted molar refractivity (Wildman–Crippen MR) is 130 cm³/mol. The smallest absolute Gasteiger partial charge is 0.415 e. The molecule has 2 aliphatic rings. The number of rotatable bonds is 9. The lowest BCUT2D eigenvalue weighted by molar-refractivity contribution is -0.00102. The number of methoxy groups -OCH3 is 1. The highest BCUT2D eigenvalue weighted by molar-refractivity contribution is 5.92. The van der Waals surface area contributed by atoms with E-state index >= 15 is 0 Å². The molecular formula is C26H32N2O7. The molecule has 2 heterocycles. The average molecular weight is 485 g/mol. The fraction of sp³-hybridized carbons (Fsp3) is 0.462. The third kappa shape index (κ3) is 5.30. The zero-order chi connectivity index (χ0) is 25.0. The Bertz CT molecular complexity index is 1030. The second kappa shape index (κ2) is 10.4. The maximum absolute atomic E-state index is 12.6. The number of nitrogens with zero attached hydrogens (tertiary/aromatic N) is 2. The summed E-state index contributed by atoms with van der Waals surface area (Å²) in [5.41, 5.74) is 1.36. The van der Waals surface area contributed by atoms with Crippen molar-refractivity contribution >= 4 is 17.7 Å². The summed E-state index contributed by atoms with van der Waals surface area (Å²) in [7, 11) is 1.61. The molecule has 2 fully saturated rings. The molecule has 0 unspecified atom stereocenters. The van der Waals surface area contributed by atoms with Crippen LogP contribution in [0.5, 0.6) is 17.2 Å². The summed E-state index contributed by atoms with van der Waals surface area (Å²) in [4.78, 5) is 27.7. The zero-order valence-electron chi connectivity index (χ0n) is 20.4. The summed E-state index contributed by atoms with van der Waals surface area (Å²) in [5.74, 6) is 0.935. The van der Waals surface area contributed by atoms with Crippen LogP contribution in [0.1, 0.15) is 42.6 Å². The van der Waals surface area contributed by atoms with E-state index in [4.69, 9.17) is 24.1 Å². The zero-order valence-corrected chi connectivity index (χ0v) is 20.4. The van der Waals surface area contributed by atoms with Gasteiger partial charge in [-0.15, -0.1) is 0 Å². The normalized spacial score (nSPS) is 17.3. The number of carbonyl (C=O) groups excluding carboxylic acids is 1. The first-order valence-corrected chi connectivity index (χ1v) is 11.9. The van der Waals surface area contributed by atoms with Gasteiger partial charge in [-0.3, -0.25) is 9.80 Å². The number of likely N-dealkylation sites (tertiary alicyclic amines) is 1. The second-order valence-electron chi connectivity index (χ2n) is 8.76. The van der Waals surface area contributed by atoms with Crippen LogP contribution in [-0.2, 0) is 11.3 Å². The molecule has 0 atom stereocenters. The third-order valence-electron chi connectivity index (χ3n) is 6.45. The Morgan fingerprint density at radius 1 is 1.06 bits per heavy atom. The Balaban J connectivity index is 1.41. The van der Waals surface area contributed by atoms with Gasteiger partial charge < -0.3 is 24.1 Å². The van der Waals surface area contributed by atoms with Crippen LogP contribution in [-0.4, -0.2) is 67.6 Å². The van der Waals surface area contributed by atoms with Crippen molar-refractivity contribution in [3.63, 3.8) is 0 Å². The Hall–Kier alpha value is -3.46. The number of carboxylic acid groups (broad SMARTS) is 1. The predicted octanol–water partition coefficient (Wildman–Crippen LogP) is 4.18. The van der Waals surface area contributed by atoms with E-state index in [1.54, 1.807) is 24.1 Å². The number of ether oxygens (including phenoxy) is 4. The number of benzene rings is 2. The van der Waals surface area contributed by atoms with Gasteiger partial charge in [-0.25, -0.2) is 9.59 Å². The summed E-state index contributed by atoms with van der Waals surface area (Å²) in [6.07, 6.45) is 1.05. The van der Waals surface area contributed by atoms with E-state index in [9.17, 15) is 9.59 Å². The molecule has 1 N–H and O–H groups in total. The monoisotopic (exact) mass is 484 g/mol. The van der Waals surface area contributed by atoms with Crippen LogP contribution in [0.3, 0.4) is 0 Å². The van der Waals surface area contributed by atoms with Crippen LogP contribution in [0.2, 0.25) is 0 Å². The minimum Gasteiger partial charge on any atom is -0.490 e. The van der Waals surface area contributed by atoms with Crippen LogP contribution in [0.25, 0.3) is 0 Å². The summed E-state index contributed by atoms with van der Waals surface area (Å²) >= 11 is 0. The number of carboxylic acids is 1. The van der Waals surface area contributed by atoms with Crippen LogP contribution in [0.4, 0.5) is 10.5 Å². The van der Waals surface area contributed by atoms with Gasteiger partial charge in [0, 0.05) is 38.2 Å². The molecule has 0 aromatic heterocycles. The minimum absolute atomic E-state index is 0.183. The molecule has 2 aromatic rings. The van der Waals surface area contributed by atoms with E-state index in [2.05, 4.69) is 4.90 Å². The molecule has 0 radical (unpaired) electrons. The number of anilines is 1. The van der Waals surface area contributed by atoms with Gasteiger partial charge in [0.25, 0.3) is 0 Å². The Morgan fingerprint density at radius 2 is 1.66 bits per heavy atom. The van der Waals surface area contributed by atoms with Crippen molar-refractivity contribution in [2.45, 2.75) is 38.8 Å². The molecule has 35 heavy (non-hydrogen) atoms. The highest BCUT2D eigenvalue weighted by Crippen LogP contribution is 2.40. The summed E-state index contributed by atoms with van der Waals surface area (Å²) in [6.45, 7) is 7.65. The SMILES string of the molecule is CCOc1cc(CN2CCC3(CC2)CN(c2ccc(C(=O)O)cc2)C(=O)O3)cc(OCC)c1OC. The minimum atomic E-state index is -0.997. The quantitative estimate of drug-likeness (QED) is 0.566. The maximum atomic E-state index is 12.6. The molecule has 1 amide bonds. The first-order valence-electron chi connectivity index (χ1n) is 11.9. The number of hydrogen-bond donors (Lipinski definition) is 1. The van der Waals surface area contributed by atoms with Gasteiger partial charge in [0.1, 0.15) is 5.60 Å². The summed E-state index contributed by atoms with van der Waals surface area (Å²) < 4.78 is 22.9. The fourth-order valence-corrected chi connectivity index (χ4v) is 4.69. The van der Waals surface area contributed by atoms with E-state index in [0.29, 0.717) is 49.2 Å². The van der Waals surface area contributed by atoms with E-state index in [1.807, 2.05) is 26.0 Å². The Labute approximate surface area is 205 Å². The molecule has 2 aliphatic heterocycles. The summed E-state index contributed by atoms with van der Waals surface area (Å²) in [5, 5.41) is 9.10. The van der Waals surface area contributed by atoms with Crippen LogP contribution < -0.4 is 19.1 Å². The van der Waals surface area contributed by atoms with Crippen molar-refractivity contribution in [2.75, 3.05) is 44.9 Å². The van der Waals surface area contributed by atoms with Crippen molar-refractivity contribution < 1.29 is 33.6 Å². The first-order chi connectivity index (χ1) is 16.9. The highest BCUT2D eigenvalue weighted by Gasteiger charge is 2.47. The van der Waals surface area contributed by atoms with Crippen molar-refractivity contribution in [3.8, 4) is 17.2 Å². The maximum Gasteiger partial charge on any atom is 0.415 e. The molecule has 2 aromatic carbocycles. The highest BCUT2D eigenvalue weighted by atomic mass is 16.6. The second-order valence-corrected chi connectivity index (χ2v) is 8.76. The van der Waals surface area contributed by atoms with Crippen molar-refractivity contribution in [3.05, 3.63) is 47.5 Å². The molecule has 188 valence electrons. The molecule has 0 aliphatic carbocycles. The fourth-order valence-electron chi connectivity index (χ4n) is 4.69. The average Bonchev–Trinajstić information content (AvgIpc) is 3.17. The van der Waals surface area contributed by atoms with E-state index < -0.39 is 11.6 Å². The lowest BCUT2D eigenvalue weighted by Gasteiger charge is -2.37. The molecular weight excluding hydrogens is 452 g/mol. The van der Waals surface area contributed by atoms with Crippen LogP contribution in [0.15, 0.2) is 36.4 Å². The lowest BCUT2D eigenvalue weighted by Crippen LogP contribution is -2.46. The third-order valence-corrected chi connectivity index (χ3v) is 6.45. The van der Waals surface area contributed by atoms with Gasteiger partial charge in [-0.2, -0.15) is 0 Å². The van der Waals surface area contributed by atoms with Gasteiger partial charge >= 0.3 is 12.1 Å². The van der Waals surface area contributed by atoms with E-state index in [1.165, 1.54) is 12.1 Å². The van der Waals surface area contributed by atoms with Gasteiger partial charge in [0.15, 0.2) is 11.5 Å². The van der Waals surface area contributed by atoms with Crippen molar-refractivity contribution in [1.29, 1.82) is 0 Å². The lowest BCUT2D eigenvalue weighted by atomic mass is 9.91. The molecule has 2 saturated heterocycles. The Kier molecular flexibility index (Phi) is 7.35. The molecule has 4 rings (SSSR count). The number of carbonyl (C=O) groups is 2. The first kappa shape index (κ1) is 24.7. The number of piperidine rings is 1. The molecule has 0 bridgehead atoms. The molecule has 0 saturated carbocycles. The van der Waals surface area contributed by atoms with E-state index in [-0.39, 0.29) is 11.7 Å². The molecule has 9 nitrogen and oxygen atoms in total. The number of hydrogen-bond acceptors (Lipinski definition) is 7. The summed E-state index contributed by atoms with van der Waals surface area (Å²) in [6, 6.07) is 10.3.